The molecule has 0 spiro atoms. The minimum absolute atomic E-state index is 0.0268. The van der Waals surface area contributed by atoms with Gasteiger partial charge in [-0.2, -0.15) is 0 Å². The Labute approximate surface area is 112 Å². The van der Waals surface area contributed by atoms with Crippen molar-refractivity contribution in [3.63, 3.8) is 0 Å². The Morgan fingerprint density at radius 1 is 0.947 bits per heavy atom. The average Bonchev–Trinajstić information content (AvgIpc) is 3.15. The van der Waals surface area contributed by atoms with E-state index in [0.717, 1.165) is 16.7 Å². The third-order valence-electron chi connectivity index (χ3n) is 3.50. The van der Waals surface area contributed by atoms with Crippen molar-refractivity contribution < 1.29 is 9.90 Å². The average molecular weight is 250 g/mol. The van der Waals surface area contributed by atoms with E-state index in [1.165, 1.54) is 0 Å². The largest absolute Gasteiger partial charge is 0.481 e. The van der Waals surface area contributed by atoms with Gasteiger partial charge in [0.15, 0.2) is 0 Å². The molecule has 94 valence electrons. The van der Waals surface area contributed by atoms with Gasteiger partial charge in [0.05, 0.1) is 5.92 Å². The standard InChI is InChI=1S/C17H14O2/c18-17(19)16-14(11-12-7-3-1-4-8-12)15(16)13-9-5-2-6-10-13/h1-11,15-16H,(H,18,19)/b14-11-. The maximum Gasteiger partial charge on any atom is 0.311 e. The molecule has 0 aliphatic heterocycles. The summed E-state index contributed by atoms with van der Waals surface area (Å²) in [5.74, 6) is -1.09. The van der Waals surface area contributed by atoms with E-state index in [2.05, 4.69) is 0 Å². The van der Waals surface area contributed by atoms with E-state index < -0.39 is 5.97 Å². The van der Waals surface area contributed by atoms with E-state index in [1.54, 1.807) is 0 Å². The van der Waals surface area contributed by atoms with Crippen LogP contribution in [-0.2, 0) is 4.79 Å². The molecule has 1 aliphatic carbocycles. The zero-order valence-electron chi connectivity index (χ0n) is 10.4. The number of hydrogen-bond donors (Lipinski definition) is 1. The van der Waals surface area contributed by atoms with Crippen LogP contribution in [0.3, 0.4) is 0 Å². The van der Waals surface area contributed by atoms with E-state index in [9.17, 15) is 9.90 Å². The van der Waals surface area contributed by atoms with E-state index in [0.29, 0.717) is 0 Å². The highest BCUT2D eigenvalue weighted by Gasteiger charge is 2.50. The topological polar surface area (TPSA) is 37.3 Å². The molecule has 0 saturated heterocycles. The Kier molecular flexibility index (Phi) is 2.92. The van der Waals surface area contributed by atoms with Crippen molar-refractivity contribution in [2.75, 3.05) is 0 Å². The van der Waals surface area contributed by atoms with E-state index in [-0.39, 0.29) is 11.8 Å². The smallest absolute Gasteiger partial charge is 0.311 e. The van der Waals surface area contributed by atoms with Gasteiger partial charge in [0.25, 0.3) is 0 Å². The first-order valence-electron chi connectivity index (χ1n) is 6.31. The fourth-order valence-electron chi connectivity index (χ4n) is 2.53. The number of hydrogen-bond acceptors (Lipinski definition) is 1. The van der Waals surface area contributed by atoms with E-state index in [4.69, 9.17) is 0 Å². The first-order chi connectivity index (χ1) is 9.27. The van der Waals surface area contributed by atoms with E-state index >= 15 is 0 Å². The lowest BCUT2D eigenvalue weighted by atomic mass is 10.1. The predicted octanol–water partition coefficient (Wildman–Crippen LogP) is 3.57. The third kappa shape index (κ3) is 2.29. The summed E-state index contributed by atoms with van der Waals surface area (Å²) in [5.41, 5.74) is 3.13. The Morgan fingerprint density at radius 2 is 1.53 bits per heavy atom. The van der Waals surface area contributed by atoms with Crippen LogP contribution in [0.25, 0.3) is 6.08 Å². The lowest BCUT2D eigenvalue weighted by Gasteiger charge is -1.95. The van der Waals surface area contributed by atoms with E-state index in [1.807, 2.05) is 66.7 Å². The molecule has 2 aromatic carbocycles. The van der Waals surface area contributed by atoms with Crippen molar-refractivity contribution in [3.8, 4) is 0 Å². The summed E-state index contributed by atoms with van der Waals surface area (Å²) in [6.07, 6.45) is 2.00. The van der Waals surface area contributed by atoms with Gasteiger partial charge in [-0.1, -0.05) is 66.7 Å². The van der Waals surface area contributed by atoms with Crippen molar-refractivity contribution in [2.24, 2.45) is 5.92 Å². The normalized spacial score (nSPS) is 23.3. The summed E-state index contributed by atoms with van der Waals surface area (Å²) in [5, 5.41) is 9.29. The molecule has 0 amide bonds. The molecule has 0 aromatic heterocycles. The SMILES string of the molecule is O=C(O)C1/C(=C\c2ccccc2)C1c1ccccc1. The van der Waals surface area contributed by atoms with Crippen molar-refractivity contribution in [3.05, 3.63) is 77.4 Å². The second kappa shape index (κ2) is 4.73. The Balaban J connectivity index is 1.94. The van der Waals surface area contributed by atoms with Gasteiger partial charge >= 0.3 is 5.97 Å². The number of carbonyl (C=O) groups is 1. The Morgan fingerprint density at radius 3 is 2.11 bits per heavy atom. The summed E-state index contributed by atoms with van der Waals surface area (Å²) < 4.78 is 0. The monoisotopic (exact) mass is 250 g/mol. The van der Waals surface area contributed by atoms with Crippen LogP contribution >= 0.6 is 0 Å². The molecule has 1 saturated carbocycles. The van der Waals surface area contributed by atoms with Crippen LogP contribution in [0, 0.1) is 5.92 Å². The van der Waals surface area contributed by atoms with Gasteiger partial charge in [-0.3, -0.25) is 4.79 Å². The maximum absolute atomic E-state index is 11.3. The molecule has 1 fully saturated rings. The first kappa shape index (κ1) is 11.7. The molecule has 2 unspecified atom stereocenters. The van der Waals surface area contributed by atoms with Crippen LogP contribution < -0.4 is 0 Å². The Bertz CT molecular complexity index is 614. The van der Waals surface area contributed by atoms with Crippen molar-refractivity contribution in [1.82, 2.24) is 0 Å². The van der Waals surface area contributed by atoms with Gasteiger partial charge < -0.3 is 5.11 Å². The molecular weight excluding hydrogens is 236 g/mol. The van der Waals surface area contributed by atoms with Crippen molar-refractivity contribution in [2.45, 2.75) is 5.92 Å². The zero-order valence-corrected chi connectivity index (χ0v) is 10.4. The molecule has 0 radical (unpaired) electrons. The molecule has 2 heteroatoms. The minimum Gasteiger partial charge on any atom is -0.481 e. The molecule has 2 atom stereocenters. The lowest BCUT2D eigenvalue weighted by molar-refractivity contribution is -0.138. The minimum atomic E-state index is -0.740. The van der Waals surface area contributed by atoms with Gasteiger partial charge in [-0.05, 0) is 16.7 Å². The third-order valence-corrected chi connectivity index (χ3v) is 3.50. The number of aliphatic carboxylic acids is 1. The quantitative estimate of drug-likeness (QED) is 0.904. The van der Waals surface area contributed by atoms with Crippen LogP contribution in [-0.4, -0.2) is 11.1 Å². The summed E-state index contributed by atoms with van der Waals surface area (Å²) in [6, 6.07) is 19.7. The molecule has 0 bridgehead atoms. The maximum atomic E-state index is 11.3. The molecule has 2 nitrogen and oxygen atoms in total. The Hall–Kier alpha value is -2.35. The number of benzene rings is 2. The lowest BCUT2D eigenvalue weighted by Crippen LogP contribution is -1.98. The van der Waals surface area contributed by atoms with Gasteiger partial charge in [0.2, 0.25) is 0 Å². The van der Waals surface area contributed by atoms with Gasteiger partial charge in [-0.15, -0.1) is 0 Å². The fraction of sp³-hybridized carbons (Fsp3) is 0.118. The summed E-state index contributed by atoms with van der Waals surface area (Å²) >= 11 is 0. The van der Waals surface area contributed by atoms with Gasteiger partial charge in [0, 0.05) is 5.92 Å². The van der Waals surface area contributed by atoms with Crippen LogP contribution in [0.4, 0.5) is 0 Å². The molecule has 2 aromatic rings. The number of carboxylic acids is 1. The summed E-state index contributed by atoms with van der Waals surface area (Å²) in [7, 11) is 0. The summed E-state index contributed by atoms with van der Waals surface area (Å²) in [6.45, 7) is 0. The molecule has 19 heavy (non-hydrogen) atoms. The van der Waals surface area contributed by atoms with Crippen LogP contribution in [0.1, 0.15) is 17.0 Å². The van der Waals surface area contributed by atoms with Crippen LogP contribution in [0.15, 0.2) is 66.2 Å². The fourth-order valence-corrected chi connectivity index (χ4v) is 2.53. The highest BCUT2D eigenvalue weighted by Crippen LogP contribution is 2.54. The van der Waals surface area contributed by atoms with Crippen molar-refractivity contribution in [1.29, 1.82) is 0 Å². The van der Waals surface area contributed by atoms with Crippen LogP contribution in [0.2, 0.25) is 0 Å². The van der Waals surface area contributed by atoms with Gasteiger partial charge in [-0.25, -0.2) is 0 Å². The molecule has 0 heterocycles. The molecule has 3 rings (SSSR count). The molecular formula is C17H14O2. The predicted molar refractivity (Wildman–Crippen MR) is 74.7 cm³/mol. The molecule has 1 aliphatic rings. The number of carboxylic acid groups (broad SMARTS) is 1. The highest BCUT2D eigenvalue weighted by atomic mass is 16.4. The molecule has 1 N–H and O–H groups in total. The van der Waals surface area contributed by atoms with Crippen LogP contribution in [0.5, 0.6) is 0 Å². The zero-order chi connectivity index (χ0) is 13.2. The van der Waals surface area contributed by atoms with Crippen molar-refractivity contribution >= 4 is 12.0 Å². The highest BCUT2D eigenvalue weighted by molar-refractivity contribution is 5.86. The first-order valence-corrected chi connectivity index (χ1v) is 6.31. The second-order valence-corrected chi connectivity index (χ2v) is 4.76. The number of rotatable bonds is 3. The van der Waals surface area contributed by atoms with Gasteiger partial charge in [0.1, 0.15) is 0 Å². The second-order valence-electron chi connectivity index (χ2n) is 4.76. The summed E-state index contributed by atoms with van der Waals surface area (Å²) in [4.78, 5) is 11.3.